The van der Waals surface area contributed by atoms with E-state index in [1.54, 1.807) is 0 Å². The van der Waals surface area contributed by atoms with E-state index in [1.165, 1.54) is 12.8 Å². The third kappa shape index (κ3) is 4.08. The first-order chi connectivity index (χ1) is 9.60. The zero-order valence-corrected chi connectivity index (χ0v) is 14.2. The molecule has 0 aliphatic carbocycles. The summed E-state index contributed by atoms with van der Waals surface area (Å²) in [5, 5.41) is 0. The van der Waals surface area contributed by atoms with Gasteiger partial charge in [0.15, 0.2) is 0 Å². The van der Waals surface area contributed by atoms with Gasteiger partial charge in [0.2, 0.25) is 11.8 Å². The Morgan fingerprint density at radius 3 is 2.70 bits per heavy atom. The van der Waals surface area contributed by atoms with Gasteiger partial charge in [-0.3, -0.25) is 0 Å². The predicted molar refractivity (Wildman–Crippen MR) is 85.9 cm³/mol. The van der Waals surface area contributed by atoms with Crippen LogP contribution in [-0.4, -0.2) is 34.5 Å². The summed E-state index contributed by atoms with van der Waals surface area (Å²) in [5.41, 5.74) is 0.970. The molecule has 1 aromatic rings. The van der Waals surface area contributed by atoms with Crippen LogP contribution in [0, 0.1) is 12.8 Å². The van der Waals surface area contributed by atoms with Crippen molar-refractivity contribution in [3.8, 4) is 5.88 Å². The van der Waals surface area contributed by atoms with Crippen LogP contribution in [0.3, 0.4) is 0 Å². The van der Waals surface area contributed by atoms with E-state index in [0.717, 1.165) is 37.1 Å². The highest BCUT2D eigenvalue weighted by molar-refractivity contribution is 9.09. The number of rotatable bonds is 5. The summed E-state index contributed by atoms with van der Waals surface area (Å²) in [6, 6.07) is 1.91. The van der Waals surface area contributed by atoms with E-state index in [0.29, 0.717) is 17.3 Å². The Hall–Kier alpha value is -0.840. The van der Waals surface area contributed by atoms with Crippen LogP contribution in [0.15, 0.2) is 6.07 Å². The molecule has 112 valence electrons. The maximum atomic E-state index is 5.64. The number of piperidine rings is 1. The van der Waals surface area contributed by atoms with Crippen molar-refractivity contribution < 1.29 is 4.74 Å². The number of anilines is 1. The molecule has 2 rings (SSSR count). The molecule has 1 aliphatic heterocycles. The van der Waals surface area contributed by atoms with Gasteiger partial charge in [-0.1, -0.05) is 29.8 Å². The average Bonchev–Trinajstić information content (AvgIpc) is 2.44. The summed E-state index contributed by atoms with van der Waals surface area (Å²) in [6.07, 6.45) is 3.37. The molecule has 1 aliphatic rings. The van der Waals surface area contributed by atoms with Crippen molar-refractivity contribution in [3.05, 3.63) is 11.8 Å². The van der Waals surface area contributed by atoms with Gasteiger partial charge in [-0.05, 0) is 32.1 Å². The summed E-state index contributed by atoms with van der Waals surface area (Å²) in [5.74, 6) is 2.27. The molecule has 4 nitrogen and oxygen atoms in total. The number of aromatic nitrogens is 2. The van der Waals surface area contributed by atoms with Gasteiger partial charge >= 0.3 is 0 Å². The van der Waals surface area contributed by atoms with Crippen molar-refractivity contribution in [3.63, 3.8) is 0 Å². The zero-order chi connectivity index (χ0) is 14.5. The summed E-state index contributed by atoms with van der Waals surface area (Å²) < 4.78 is 5.64. The van der Waals surface area contributed by atoms with E-state index in [1.807, 2.05) is 13.0 Å². The first-order valence-electron chi connectivity index (χ1n) is 7.47. The van der Waals surface area contributed by atoms with Gasteiger partial charge in [0, 0.05) is 29.7 Å². The Kier molecular flexibility index (Phi) is 5.64. The lowest BCUT2D eigenvalue weighted by Gasteiger charge is -2.33. The van der Waals surface area contributed by atoms with Gasteiger partial charge in [-0.15, -0.1) is 0 Å². The molecular weight excluding hydrogens is 318 g/mol. The third-order valence-electron chi connectivity index (χ3n) is 3.75. The lowest BCUT2D eigenvalue weighted by molar-refractivity contribution is 0.304. The summed E-state index contributed by atoms with van der Waals surface area (Å²) in [7, 11) is 0. The molecule has 0 bridgehead atoms. The van der Waals surface area contributed by atoms with Crippen molar-refractivity contribution in [2.45, 2.75) is 44.9 Å². The highest BCUT2D eigenvalue weighted by Gasteiger charge is 2.24. The monoisotopic (exact) mass is 341 g/mol. The molecule has 0 saturated carbocycles. The summed E-state index contributed by atoms with van der Waals surface area (Å²) in [6.45, 7) is 9.09. The molecule has 0 N–H and O–H groups in total. The standard InChI is InChI=1S/C15H24BrN3O/c1-4-9-20-14-10-11(2)17-15(18-14)19-7-5-13(6-8-19)12(3)16/h10,12-13H,4-9H2,1-3H3. The molecule has 1 atom stereocenters. The number of hydrogen-bond donors (Lipinski definition) is 0. The van der Waals surface area contributed by atoms with Gasteiger partial charge in [-0.2, -0.15) is 4.98 Å². The highest BCUT2D eigenvalue weighted by atomic mass is 79.9. The largest absolute Gasteiger partial charge is 0.478 e. The van der Waals surface area contributed by atoms with Crippen LogP contribution in [0.4, 0.5) is 5.95 Å². The SMILES string of the molecule is CCCOc1cc(C)nc(N2CCC(C(C)Br)CC2)n1. The highest BCUT2D eigenvalue weighted by Crippen LogP contribution is 2.27. The number of hydrogen-bond acceptors (Lipinski definition) is 4. The van der Waals surface area contributed by atoms with Crippen LogP contribution < -0.4 is 9.64 Å². The second kappa shape index (κ2) is 7.25. The van der Waals surface area contributed by atoms with E-state index < -0.39 is 0 Å². The maximum absolute atomic E-state index is 5.64. The zero-order valence-electron chi connectivity index (χ0n) is 12.6. The second-order valence-electron chi connectivity index (χ2n) is 5.50. The van der Waals surface area contributed by atoms with Crippen molar-refractivity contribution in [1.82, 2.24) is 9.97 Å². The van der Waals surface area contributed by atoms with Crippen LogP contribution in [0.1, 0.15) is 38.8 Å². The third-order valence-corrected chi connectivity index (χ3v) is 4.49. The van der Waals surface area contributed by atoms with Crippen LogP contribution in [0.5, 0.6) is 5.88 Å². The van der Waals surface area contributed by atoms with Crippen LogP contribution in [-0.2, 0) is 0 Å². The normalized spacial score (nSPS) is 18.1. The van der Waals surface area contributed by atoms with E-state index in [-0.39, 0.29) is 0 Å². The van der Waals surface area contributed by atoms with Crippen molar-refractivity contribution in [1.29, 1.82) is 0 Å². The van der Waals surface area contributed by atoms with E-state index in [4.69, 9.17) is 4.74 Å². The van der Waals surface area contributed by atoms with Crippen LogP contribution in [0.25, 0.3) is 0 Å². The Bertz CT molecular complexity index is 431. The predicted octanol–water partition coefficient (Wildman–Crippen LogP) is 3.57. The fourth-order valence-electron chi connectivity index (χ4n) is 2.51. The Labute approximate surface area is 130 Å². The minimum absolute atomic E-state index is 0.589. The molecule has 0 radical (unpaired) electrons. The maximum Gasteiger partial charge on any atom is 0.228 e. The van der Waals surface area contributed by atoms with E-state index in [9.17, 15) is 0 Å². The fourth-order valence-corrected chi connectivity index (χ4v) is 3.03. The fraction of sp³-hybridized carbons (Fsp3) is 0.733. The molecule has 1 saturated heterocycles. The molecule has 0 aromatic carbocycles. The quantitative estimate of drug-likeness (QED) is 0.767. The second-order valence-corrected chi connectivity index (χ2v) is 6.94. The Morgan fingerprint density at radius 1 is 1.40 bits per heavy atom. The first-order valence-corrected chi connectivity index (χ1v) is 8.39. The number of aryl methyl sites for hydroxylation is 1. The van der Waals surface area contributed by atoms with Gasteiger partial charge in [-0.25, -0.2) is 4.98 Å². The van der Waals surface area contributed by atoms with Crippen molar-refractivity contribution >= 4 is 21.9 Å². The van der Waals surface area contributed by atoms with Crippen molar-refractivity contribution in [2.75, 3.05) is 24.6 Å². The summed E-state index contributed by atoms with van der Waals surface area (Å²) >= 11 is 3.69. The molecule has 5 heteroatoms. The number of nitrogens with zero attached hydrogens (tertiary/aromatic N) is 3. The smallest absolute Gasteiger partial charge is 0.228 e. The van der Waals surface area contributed by atoms with E-state index in [2.05, 4.69) is 44.6 Å². The molecule has 0 amide bonds. The lowest BCUT2D eigenvalue weighted by Crippen LogP contribution is -2.37. The molecule has 0 spiro atoms. The average molecular weight is 342 g/mol. The number of ether oxygens (including phenoxy) is 1. The minimum atomic E-state index is 0.589. The molecule has 1 aromatic heterocycles. The van der Waals surface area contributed by atoms with Gasteiger partial charge < -0.3 is 9.64 Å². The Balaban J connectivity index is 2.03. The van der Waals surface area contributed by atoms with Gasteiger partial charge in [0.1, 0.15) is 0 Å². The molecular formula is C15H24BrN3O. The van der Waals surface area contributed by atoms with E-state index >= 15 is 0 Å². The van der Waals surface area contributed by atoms with Crippen LogP contribution >= 0.6 is 15.9 Å². The first kappa shape index (κ1) is 15.5. The molecule has 20 heavy (non-hydrogen) atoms. The number of alkyl halides is 1. The van der Waals surface area contributed by atoms with Crippen LogP contribution in [0.2, 0.25) is 0 Å². The van der Waals surface area contributed by atoms with Crippen molar-refractivity contribution in [2.24, 2.45) is 5.92 Å². The van der Waals surface area contributed by atoms with Gasteiger partial charge in [0.25, 0.3) is 0 Å². The minimum Gasteiger partial charge on any atom is -0.478 e. The molecule has 1 fully saturated rings. The summed E-state index contributed by atoms with van der Waals surface area (Å²) in [4.78, 5) is 12.0. The number of halogens is 1. The van der Waals surface area contributed by atoms with Gasteiger partial charge in [0.05, 0.1) is 6.61 Å². The lowest BCUT2D eigenvalue weighted by atomic mass is 9.94. The Morgan fingerprint density at radius 2 is 2.10 bits per heavy atom. The molecule has 1 unspecified atom stereocenters. The topological polar surface area (TPSA) is 38.2 Å². The molecule has 2 heterocycles.